The molecule has 1 fully saturated rings. The normalized spacial score (nSPS) is 18.1. The van der Waals surface area contributed by atoms with Crippen LogP contribution in [0.2, 0.25) is 0 Å². The van der Waals surface area contributed by atoms with E-state index < -0.39 is 23.2 Å². The van der Waals surface area contributed by atoms with E-state index in [9.17, 15) is 18.4 Å². The van der Waals surface area contributed by atoms with Crippen molar-refractivity contribution in [3.63, 3.8) is 0 Å². The second kappa shape index (κ2) is 10.7. The van der Waals surface area contributed by atoms with Crippen molar-refractivity contribution >= 4 is 5.97 Å². The molecule has 0 radical (unpaired) electrons. The largest absolute Gasteiger partial charge is 0.480 e. The number of hydrogen-bond acceptors (Lipinski definition) is 4. The smallest absolute Gasteiger partial charge is 0.329 e. The van der Waals surface area contributed by atoms with Crippen molar-refractivity contribution in [2.24, 2.45) is 11.8 Å². The molecule has 6 nitrogen and oxygen atoms in total. The Hall–Kier alpha value is -3.39. The van der Waals surface area contributed by atoms with Gasteiger partial charge in [-0.05, 0) is 50.0 Å². The predicted molar refractivity (Wildman–Crippen MR) is 123 cm³/mol. The zero-order valence-electron chi connectivity index (χ0n) is 18.6. The summed E-state index contributed by atoms with van der Waals surface area (Å²) in [5.41, 5.74) is 1.41. The standard InChI is InChI=1S/C26H26F2N2O4/c27-21-8-4-7-19(24(21)28)23-20(26(33)30-29-25(23)18-5-2-1-3-6-18)13-16-9-11-17(12-10-16)14-34-15-22(31)32/h1-8,16-17H,9-15H2,(H,30,33)(H,31,32). The number of carbonyl (C=O) groups is 1. The molecule has 3 aromatic rings. The van der Waals surface area contributed by atoms with Crippen molar-refractivity contribution in [1.82, 2.24) is 10.2 Å². The van der Waals surface area contributed by atoms with E-state index >= 15 is 0 Å². The Morgan fingerprint density at radius 3 is 2.44 bits per heavy atom. The van der Waals surface area contributed by atoms with Gasteiger partial charge in [-0.15, -0.1) is 0 Å². The molecule has 1 aromatic heterocycles. The topological polar surface area (TPSA) is 92.3 Å². The van der Waals surface area contributed by atoms with Crippen LogP contribution in [0.3, 0.4) is 0 Å². The first-order valence-electron chi connectivity index (χ1n) is 11.3. The monoisotopic (exact) mass is 468 g/mol. The molecule has 178 valence electrons. The van der Waals surface area contributed by atoms with Crippen molar-refractivity contribution in [3.8, 4) is 22.4 Å². The minimum atomic E-state index is -1.01. The number of H-pyrrole nitrogens is 1. The number of rotatable bonds is 8. The van der Waals surface area contributed by atoms with Gasteiger partial charge < -0.3 is 9.84 Å². The molecule has 1 heterocycles. The minimum absolute atomic E-state index is 0.0169. The summed E-state index contributed by atoms with van der Waals surface area (Å²) in [7, 11) is 0. The van der Waals surface area contributed by atoms with Gasteiger partial charge in [0.05, 0.1) is 12.3 Å². The van der Waals surface area contributed by atoms with E-state index in [2.05, 4.69) is 10.2 Å². The Bertz CT molecular complexity index is 1210. The number of ether oxygens (including phenoxy) is 1. The lowest BCUT2D eigenvalue weighted by Gasteiger charge is -2.28. The van der Waals surface area contributed by atoms with Crippen molar-refractivity contribution in [1.29, 1.82) is 0 Å². The highest BCUT2D eigenvalue weighted by Gasteiger charge is 2.27. The average molecular weight is 469 g/mol. The van der Waals surface area contributed by atoms with Gasteiger partial charge in [0.25, 0.3) is 5.56 Å². The van der Waals surface area contributed by atoms with Crippen LogP contribution in [0.1, 0.15) is 31.2 Å². The Kier molecular flexibility index (Phi) is 7.47. The number of aromatic amines is 1. The van der Waals surface area contributed by atoms with E-state index in [1.165, 1.54) is 12.1 Å². The van der Waals surface area contributed by atoms with Crippen LogP contribution in [0, 0.1) is 23.5 Å². The van der Waals surface area contributed by atoms with Crippen LogP contribution in [0.15, 0.2) is 53.3 Å². The summed E-state index contributed by atoms with van der Waals surface area (Å²) in [5, 5.41) is 15.5. The molecule has 8 heteroatoms. The van der Waals surface area contributed by atoms with E-state index in [-0.39, 0.29) is 24.0 Å². The average Bonchev–Trinajstić information content (AvgIpc) is 2.83. The van der Waals surface area contributed by atoms with Gasteiger partial charge in [0.2, 0.25) is 0 Å². The van der Waals surface area contributed by atoms with Gasteiger partial charge in [-0.25, -0.2) is 18.7 Å². The first-order chi connectivity index (χ1) is 16.4. The molecule has 2 aromatic carbocycles. The molecule has 4 rings (SSSR count). The van der Waals surface area contributed by atoms with E-state index in [0.29, 0.717) is 35.4 Å². The number of carboxylic acids is 1. The van der Waals surface area contributed by atoms with Crippen LogP contribution in [0.5, 0.6) is 0 Å². The van der Waals surface area contributed by atoms with Gasteiger partial charge in [-0.3, -0.25) is 4.79 Å². The quantitative estimate of drug-likeness (QED) is 0.494. The molecule has 0 atom stereocenters. The van der Waals surface area contributed by atoms with Crippen LogP contribution >= 0.6 is 0 Å². The van der Waals surface area contributed by atoms with Crippen molar-refractivity contribution < 1.29 is 23.4 Å². The molecule has 0 saturated heterocycles. The number of nitrogens with zero attached hydrogens (tertiary/aromatic N) is 1. The molecule has 0 spiro atoms. The number of aliphatic carboxylic acids is 1. The van der Waals surface area contributed by atoms with Crippen LogP contribution in [0.25, 0.3) is 22.4 Å². The number of hydrogen-bond donors (Lipinski definition) is 2. The van der Waals surface area contributed by atoms with Crippen LogP contribution in [-0.4, -0.2) is 34.5 Å². The minimum Gasteiger partial charge on any atom is -0.480 e. The molecule has 1 aliphatic carbocycles. The third-order valence-corrected chi connectivity index (χ3v) is 6.39. The SMILES string of the molecule is O=C(O)COCC1CCC(Cc2c(-c3cccc(F)c3F)c(-c3ccccc3)n[nH]c2=O)CC1. The summed E-state index contributed by atoms with van der Waals surface area (Å²) in [6.07, 6.45) is 3.76. The molecule has 2 N–H and O–H groups in total. The summed E-state index contributed by atoms with van der Waals surface area (Å²) in [6, 6.07) is 13.1. The highest BCUT2D eigenvalue weighted by molar-refractivity contribution is 5.83. The Morgan fingerprint density at radius 2 is 1.74 bits per heavy atom. The lowest BCUT2D eigenvalue weighted by atomic mass is 9.78. The van der Waals surface area contributed by atoms with E-state index in [0.717, 1.165) is 31.7 Å². The van der Waals surface area contributed by atoms with Crippen molar-refractivity contribution in [2.75, 3.05) is 13.2 Å². The number of nitrogens with one attached hydrogen (secondary N) is 1. The maximum atomic E-state index is 14.9. The molecule has 0 amide bonds. The third kappa shape index (κ3) is 5.39. The fourth-order valence-corrected chi connectivity index (χ4v) is 4.68. The van der Waals surface area contributed by atoms with Gasteiger partial charge in [0.1, 0.15) is 6.61 Å². The molecule has 0 unspecified atom stereocenters. The number of benzene rings is 2. The maximum Gasteiger partial charge on any atom is 0.329 e. The maximum absolute atomic E-state index is 14.9. The van der Waals surface area contributed by atoms with E-state index in [4.69, 9.17) is 9.84 Å². The zero-order chi connectivity index (χ0) is 24.1. The third-order valence-electron chi connectivity index (χ3n) is 6.39. The Labute approximate surface area is 195 Å². The van der Waals surface area contributed by atoms with Gasteiger partial charge in [0, 0.05) is 22.3 Å². The van der Waals surface area contributed by atoms with Crippen LogP contribution in [0.4, 0.5) is 8.78 Å². The van der Waals surface area contributed by atoms with Crippen LogP contribution in [-0.2, 0) is 16.0 Å². The van der Waals surface area contributed by atoms with Crippen LogP contribution < -0.4 is 5.56 Å². The summed E-state index contributed by atoms with van der Waals surface area (Å²) >= 11 is 0. The number of halogens is 2. The first-order valence-corrected chi connectivity index (χ1v) is 11.3. The second-order valence-corrected chi connectivity index (χ2v) is 8.72. The molecule has 1 saturated carbocycles. The molecule has 0 bridgehead atoms. The van der Waals surface area contributed by atoms with Gasteiger partial charge in [0.15, 0.2) is 11.6 Å². The zero-order valence-corrected chi connectivity index (χ0v) is 18.6. The highest BCUT2D eigenvalue weighted by Crippen LogP contribution is 2.37. The fourth-order valence-electron chi connectivity index (χ4n) is 4.68. The fraction of sp³-hybridized carbons (Fsp3) is 0.346. The summed E-state index contributed by atoms with van der Waals surface area (Å²) in [4.78, 5) is 23.6. The molecular weight excluding hydrogens is 442 g/mol. The lowest BCUT2D eigenvalue weighted by molar-refractivity contribution is -0.142. The Balaban J connectivity index is 1.65. The molecule has 34 heavy (non-hydrogen) atoms. The summed E-state index contributed by atoms with van der Waals surface area (Å²) in [5.74, 6) is -2.53. The molecule has 1 aliphatic rings. The molecule has 0 aliphatic heterocycles. The number of carboxylic acid groups (broad SMARTS) is 1. The van der Waals surface area contributed by atoms with E-state index in [1.807, 2.05) is 30.3 Å². The van der Waals surface area contributed by atoms with E-state index in [1.54, 1.807) is 0 Å². The Morgan fingerprint density at radius 1 is 1.03 bits per heavy atom. The summed E-state index contributed by atoms with van der Waals surface area (Å²) < 4.78 is 34.3. The van der Waals surface area contributed by atoms with Gasteiger partial charge in [-0.1, -0.05) is 42.5 Å². The molecular formula is C26H26F2N2O4. The highest BCUT2D eigenvalue weighted by atomic mass is 19.2. The first kappa shape index (κ1) is 23.8. The number of aromatic nitrogens is 2. The second-order valence-electron chi connectivity index (χ2n) is 8.72. The van der Waals surface area contributed by atoms with Gasteiger partial charge >= 0.3 is 5.97 Å². The summed E-state index contributed by atoms with van der Waals surface area (Å²) in [6.45, 7) is 0.0872. The lowest BCUT2D eigenvalue weighted by Crippen LogP contribution is -2.25. The van der Waals surface area contributed by atoms with Crippen molar-refractivity contribution in [3.05, 3.63) is 76.1 Å². The van der Waals surface area contributed by atoms with Gasteiger partial charge in [-0.2, -0.15) is 5.10 Å². The van der Waals surface area contributed by atoms with Crippen molar-refractivity contribution in [2.45, 2.75) is 32.1 Å². The predicted octanol–water partition coefficient (Wildman–Crippen LogP) is 4.83.